The van der Waals surface area contributed by atoms with E-state index in [2.05, 4.69) is 11.9 Å². The average Bonchev–Trinajstić information content (AvgIpc) is 2.56. The molecule has 0 saturated heterocycles. The molecule has 22 heavy (non-hydrogen) atoms. The zero-order valence-electron chi connectivity index (χ0n) is 12.4. The molecule has 0 saturated carbocycles. The monoisotopic (exact) mass is 296 g/mol. The summed E-state index contributed by atoms with van der Waals surface area (Å²) in [4.78, 5) is 13.6. The van der Waals surface area contributed by atoms with Gasteiger partial charge in [-0.2, -0.15) is 0 Å². The number of carbonyl (C=O) groups is 1. The SMILES string of the molecule is C=CCN(CCO)C(=O)Nc1ccc(-c2ccccc2)cc1. The number of aliphatic hydroxyl groups excluding tert-OH is 1. The van der Waals surface area contributed by atoms with Crippen LogP contribution in [-0.4, -0.2) is 35.7 Å². The van der Waals surface area contributed by atoms with Gasteiger partial charge in [0.1, 0.15) is 0 Å². The summed E-state index contributed by atoms with van der Waals surface area (Å²) in [6.07, 6.45) is 1.63. The Balaban J connectivity index is 2.04. The normalized spacial score (nSPS) is 10.0. The summed E-state index contributed by atoms with van der Waals surface area (Å²) in [5.41, 5.74) is 2.95. The molecule has 2 N–H and O–H groups in total. The summed E-state index contributed by atoms with van der Waals surface area (Å²) in [5.74, 6) is 0. The van der Waals surface area contributed by atoms with Crippen molar-refractivity contribution in [3.8, 4) is 11.1 Å². The molecule has 0 aliphatic carbocycles. The third kappa shape index (κ3) is 4.20. The number of carbonyl (C=O) groups excluding carboxylic acids is 1. The molecule has 2 rings (SSSR count). The molecule has 0 unspecified atom stereocenters. The van der Waals surface area contributed by atoms with Crippen LogP contribution in [0.3, 0.4) is 0 Å². The lowest BCUT2D eigenvalue weighted by molar-refractivity contribution is 0.195. The lowest BCUT2D eigenvalue weighted by atomic mass is 10.1. The van der Waals surface area contributed by atoms with Crippen molar-refractivity contribution in [3.63, 3.8) is 0 Å². The molecule has 0 aliphatic rings. The van der Waals surface area contributed by atoms with Gasteiger partial charge in [0, 0.05) is 18.8 Å². The molecule has 2 amide bonds. The molecule has 0 fully saturated rings. The van der Waals surface area contributed by atoms with Crippen molar-refractivity contribution in [2.24, 2.45) is 0 Å². The molecule has 2 aromatic rings. The Morgan fingerprint density at radius 2 is 1.73 bits per heavy atom. The maximum Gasteiger partial charge on any atom is 0.322 e. The van der Waals surface area contributed by atoms with Crippen LogP contribution in [-0.2, 0) is 0 Å². The molecule has 0 radical (unpaired) electrons. The topological polar surface area (TPSA) is 52.6 Å². The predicted octanol–water partition coefficient (Wildman–Crippen LogP) is 3.37. The third-order valence-corrected chi connectivity index (χ3v) is 3.25. The van der Waals surface area contributed by atoms with Gasteiger partial charge in [0.05, 0.1) is 6.61 Å². The molecule has 114 valence electrons. The second-order valence-corrected chi connectivity index (χ2v) is 4.83. The van der Waals surface area contributed by atoms with E-state index in [9.17, 15) is 4.79 Å². The lowest BCUT2D eigenvalue weighted by Gasteiger charge is -2.20. The summed E-state index contributed by atoms with van der Waals surface area (Å²) in [6.45, 7) is 4.21. The number of rotatable bonds is 6. The largest absolute Gasteiger partial charge is 0.395 e. The molecule has 0 aromatic heterocycles. The van der Waals surface area contributed by atoms with Crippen LogP contribution in [0.25, 0.3) is 11.1 Å². The van der Waals surface area contributed by atoms with Crippen LogP contribution in [0.1, 0.15) is 0 Å². The van der Waals surface area contributed by atoms with Crippen molar-refractivity contribution in [2.45, 2.75) is 0 Å². The van der Waals surface area contributed by atoms with Gasteiger partial charge in [0.15, 0.2) is 0 Å². The van der Waals surface area contributed by atoms with E-state index in [1.165, 1.54) is 4.90 Å². The summed E-state index contributed by atoms with van der Waals surface area (Å²) in [5, 5.41) is 11.8. The van der Waals surface area contributed by atoms with Crippen molar-refractivity contribution < 1.29 is 9.90 Å². The highest BCUT2D eigenvalue weighted by molar-refractivity contribution is 5.89. The number of urea groups is 1. The van der Waals surface area contributed by atoms with Crippen LogP contribution in [0.4, 0.5) is 10.5 Å². The Morgan fingerprint density at radius 3 is 2.32 bits per heavy atom. The highest BCUT2D eigenvalue weighted by Gasteiger charge is 2.11. The van der Waals surface area contributed by atoms with Crippen molar-refractivity contribution in [2.75, 3.05) is 25.0 Å². The highest BCUT2D eigenvalue weighted by atomic mass is 16.3. The van der Waals surface area contributed by atoms with E-state index in [4.69, 9.17) is 5.11 Å². The van der Waals surface area contributed by atoms with Crippen LogP contribution in [0.2, 0.25) is 0 Å². The standard InChI is InChI=1S/C18H20N2O2/c1-2-12-20(13-14-21)18(22)19-17-10-8-16(9-11-17)15-6-4-3-5-7-15/h2-11,21H,1,12-14H2,(H,19,22). The first kappa shape index (κ1) is 15.8. The smallest absolute Gasteiger partial charge is 0.322 e. The summed E-state index contributed by atoms with van der Waals surface area (Å²) < 4.78 is 0. The zero-order chi connectivity index (χ0) is 15.8. The van der Waals surface area contributed by atoms with Gasteiger partial charge in [-0.1, -0.05) is 48.5 Å². The fraction of sp³-hybridized carbons (Fsp3) is 0.167. The van der Waals surface area contributed by atoms with Gasteiger partial charge in [-0.15, -0.1) is 6.58 Å². The van der Waals surface area contributed by atoms with Gasteiger partial charge in [-0.3, -0.25) is 0 Å². The lowest BCUT2D eigenvalue weighted by Crippen LogP contribution is -2.37. The van der Waals surface area contributed by atoms with E-state index < -0.39 is 0 Å². The molecular weight excluding hydrogens is 276 g/mol. The van der Waals surface area contributed by atoms with Gasteiger partial charge < -0.3 is 15.3 Å². The Bertz CT molecular complexity index is 609. The quantitative estimate of drug-likeness (QED) is 0.803. The van der Waals surface area contributed by atoms with Crippen molar-refractivity contribution in [3.05, 3.63) is 67.3 Å². The Kier molecular flexibility index (Phi) is 5.74. The fourth-order valence-electron chi connectivity index (χ4n) is 2.13. The minimum absolute atomic E-state index is 0.0752. The first-order valence-electron chi connectivity index (χ1n) is 7.17. The van der Waals surface area contributed by atoms with Crippen LogP contribution < -0.4 is 5.32 Å². The van der Waals surface area contributed by atoms with E-state index in [1.807, 2.05) is 54.6 Å². The van der Waals surface area contributed by atoms with E-state index >= 15 is 0 Å². The minimum Gasteiger partial charge on any atom is -0.395 e. The number of anilines is 1. The number of nitrogens with zero attached hydrogens (tertiary/aromatic N) is 1. The average molecular weight is 296 g/mol. The first-order chi connectivity index (χ1) is 10.7. The first-order valence-corrected chi connectivity index (χ1v) is 7.17. The Morgan fingerprint density at radius 1 is 1.09 bits per heavy atom. The Labute approximate surface area is 130 Å². The number of nitrogens with one attached hydrogen (secondary N) is 1. The van der Waals surface area contributed by atoms with Gasteiger partial charge in [0.2, 0.25) is 0 Å². The molecule has 2 aromatic carbocycles. The van der Waals surface area contributed by atoms with Crippen molar-refractivity contribution >= 4 is 11.7 Å². The predicted molar refractivity (Wildman–Crippen MR) is 89.8 cm³/mol. The second-order valence-electron chi connectivity index (χ2n) is 4.83. The fourth-order valence-corrected chi connectivity index (χ4v) is 2.13. The molecule has 0 heterocycles. The molecule has 0 aliphatic heterocycles. The van der Waals surface area contributed by atoms with E-state index in [0.717, 1.165) is 16.8 Å². The van der Waals surface area contributed by atoms with E-state index in [-0.39, 0.29) is 19.2 Å². The van der Waals surface area contributed by atoms with Crippen molar-refractivity contribution in [1.82, 2.24) is 4.90 Å². The highest BCUT2D eigenvalue weighted by Crippen LogP contribution is 2.21. The second kappa shape index (κ2) is 8.00. The summed E-state index contributed by atoms with van der Waals surface area (Å²) in [7, 11) is 0. The van der Waals surface area contributed by atoms with E-state index in [0.29, 0.717) is 6.54 Å². The number of amides is 2. The van der Waals surface area contributed by atoms with Gasteiger partial charge in [-0.05, 0) is 23.3 Å². The van der Waals surface area contributed by atoms with Crippen LogP contribution in [0.15, 0.2) is 67.3 Å². The maximum atomic E-state index is 12.1. The van der Waals surface area contributed by atoms with Crippen LogP contribution in [0.5, 0.6) is 0 Å². The maximum absolute atomic E-state index is 12.1. The van der Waals surface area contributed by atoms with Crippen molar-refractivity contribution in [1.29, 1.82) is 0 Å². The summed E-state index contributed by atoms with van der Waals surface area (Å²) >= 11 is 0. The number of benzene rings is 2. The van der Waals surface area contributed by atoms with Crippen LogP contribution >= 0.6 is 0 Å². The molecule has 4 heteroatoms. The van der Waals surface area contributed by atoms with Gasteiger partial charge in [0.25, 0.3) is 0 Å². The molecular formula is C18H20N2O2. The number of hydrogen-bond donors (Lipinski definition) is 2. The van der Waals surface area contributed by atoms with Gasteiger partial charge in [-0.25, -0.2) is 4.79 Å². The Hall–Kier alpha value is -2.59. The number of hydrogen-bond acceptors (Lipinski definition) is 2. The minimum atomic E-state index is -0.249. The zero-order valence-corrected chi connectivity index (χ0v) is 12.4. The molecule has 0 bridgehead atoms. The molecule has 4 nitrogen and oxygen atoms in total. The van der Waals surface area contributed by atoms with Crippen LogP contribution in [0, 0.1) is 0 Å². The third-order valence-electron chi connectivity index (χ3n) is 3.25. The van der Waals surface area contributed by atoms with Gasteiger partial charge >= 0.3 is 6.03 Å². The van der Waals surface area contributed by atoms with E-state index in [1.54, 1.807) is 6.08 Å². The molecule has 0 spiro atoms. The summed E-state index contributed by atoms with van der Waals surface area (Å²) in [6, 6.07) is 17.5. The molecule has 0 atom stereocenters. The number of aliphatic hydroxyl groups is 1.